The summed E-state index contributed by atoms with van der Waals surface area (Å²) in [5.74, 6) is 1.62. The van der Waals surface area contributed by atoms with E-state index in [0.717, 1.165) is 17.0 Å². The number of rotatable bonds is 6. The molecule has 0 aliphatic carbocycles. The topological polar surface area (TPSA) is 78.6 Å². The molecule has 0 saturated heterocycles. The molecule has 0 spiro atoms. The van der Waals surface area contributed by atoms with Crippen molar-refractivity contribution in [3.8, 4) is 39.9 Å². The molecular formula is C18H19N3O4. The number of methoxy groups -OCH3 is 2. The van der Waals surface area contributed by atoms with Gasteiger partial charge in [-0.05, 0) is 31.2 Å². The van der Waals surface area contributed by atoms with Crippen LogP contribution < -0.4 is 14.2 Å². The van der Waals surface area contributed by atoms with E-state index in [2.05, 4.69) is 10.3 Å². The molecule has 0 amide bonds. The lowest BCUT2D eigenvalue weighted by atomic mass is 10.1. The van der Waals surface area contributed by atoms with Crippen LogP contribution in [-0.2, 0) is 0 Å². The summed E-state index contributed by atoms with van der Waals surface area (Å²) in [6, 6.07) is 10.8. The molecule has 0 unspecified atom stereocenters. The van der Waals surface area contributed by atoms with Crippen molar-refractivity contribution in [3.63, 3.8) is 0 Å². The largest absolute Gasteiger partial charge is 0.504 e. The molecule has 0 fully saturated rings. The van der Waals surface area contributed by atoms with Crippen molar-refractivity contribution in [1.29, 1.82) is 0 Å². The zero-order chi connectivity index (χ0) is 17.8. The van der Waals surface area contributed by atoms with Crippen LogP contribution in [-0.4, -0.2) is 40.9 Å². The van der Waals surface area contributed by atoms with Crippen LogP contribution in [0.5, 0.6) is 23.0 Å². The van der Waals surface area contributed by atoms with Crippen LogP contribution in [0, 0.1) is 0 Å². The first kappa shape index (κ1) is 16.6. The summed E-state index contributed by atoms with van der Waals surface area (Å²) in [6.45, 7) is 2.55. The molecule has 0 aliphatic rings. The van der Waals surface area contributed by atoms with Gasteiger partial charge in [0.25, 0.3) is 0 Å². The highest BCUT2D eigenvalue weighted by Gasteiger charge is 2.17. The number of hydrogen-bond donors (Lipinski definition) is 1. The molecule has 0 atom stereocenters. The molecule has 2 aromatic carbocycles. The normalized spacial score (nSPS) is 10.5. The molecule has 1 heterocycles. The summed E-state index contributed by atoms with van der Waals surface area (Å²) in [7, 11) is 3.03. The fourth-order valence-electron chi connectivity index (χ4n) is 2.53. The van der Waals surface area contributed by atoms with Crippen LogP contribution in [0.2, 0.25) is 0 Å². The van der Waals surface area contributed by atoms with Crippen LogP contribution in [0.4, 0.5) is 0 Å². The maximum absolute atomic E-state index is 10.1. The van der Waals surface area contributed by atoms with E-state index in [4.69, 9.17) is 14.2 Å². The summed E-state index contributed by atoms with van der Waals surface area (Å²) in [6.07, 6.45) is 1.65. The fraction of sp³-hybridized carbons (Fsp3) is 0.222. The Morgan fingerprint density at radius 3 is 2.40 bits per heavy atom. The maximum Gasteiger partial charge on any atom is 0.164 e. The van der Waals surface area contributed by atoms with E-state index in [1.807, 2.05) is 31.2 Å². The Morgan fingerprint density at radius 1 is 1.04 bits per heavy atom. The van der Waals surface area contributed by atoms with Gasteiger partial charge in [-0.25, -0.2) is 4.68 Å². The fourth-order valence-corrected chi connectivity index (χ4v) is 2.53. The predicted octanol–water partition coefficient (Wildman–Crippen LogP) is 3.06. The van der Waals surface area contributed by atoms with E-state index >= 15 is 0 Å². The van der Waals surface area contributed by atoms with Crippen molar-refractivity contribution in [2.75, 3.05) is 20.8 Å². The highest BCUT2D eigenvalue weighted by Crippen LogP contribution is 2.37. The predicted molar refractivity (Wildman–Crippen MR) is 92.7 cm³/mol. The number of ether oxygens (including phenoxy) is 3. The van der Waals surface area contributed by atoms with Gasteiger partial charge in [0.2, 0.25) is 0 Å². The second kappa shape index (κ2) is 7.12. The number of aromatic hydroxyl groups is 1. The standard InChI is InChI=1S/C18H19N3O4/c1-4-25-13-7-5-12(6-8-13)15-11-19-20-21(15)14-9-16(22)18(24-3)10-17(14)23-2/h5-11,22H,4H2,1-3H3. The molecule has 25 heavy (non-hydrogen) atoms. The Kier molecular flexibility index (Phi) is 4.74. The zero-order valence-corrected chi connectivity index (χ0v) is 14.3. The van der Waals surface area contributed by atoms with Gasteiger partial charge in [0.15, 0.2) is 11.5 Å². The molecule has 1 aromatic heterocycles. The summed E-state index contributed by atoms with van der Waals surface area (Å²) in [4.78, 5) is 0. The Labute approximate surface area is 145 Å². The molecule has 3 rings (SSSR count). The van der Waals surface area contributed by atoms with Crippen molar-refractivity contribution in [2.45, 2.75) is 6.92 Å². The average molecular weight is 341 g/mol. The first-order valence-corrected chi connectivity index (χ1v) is 7.77. The molecule has 7 heteroatoms. The lowest BCUT2D eigenvalue weighted by molar-refractivity contribution is 0.340. The van der Waals surface area contributed by atoms with Gasteiger partial charge in [-0.1, -0.05) is 5.21 Å². The maximum atomic E-state index is 10.1. The number of hydrogen-bond acceptors (Lipinski definition) is 6. The summed E-state index contributed by atoms with van der Waals surface area (Å²) in [5, 5.41) is 18.2. The van der Waals surface area contributed by atoms with Gasteiger partial charge in [0.1, 0.15) is 17.2 Å². The van der Waals surface area contributed by atoms with Crippen molar-refractivity contribution in [3.05, 3.63) is 42.6 Å². The molecule has 0 saturated carbocycles. The number of aromatic nitrogens is 3. The van der Waals surface area contributed by atoms with Crippen molar-refractivity contribution >= 4 is 0 Å². The van der Waals surface area contributed by atoms with Gasteiger partial charge < -0.3 is 19.3 Å². The van der Waals surface area contributed by atoms with Crippen LogP contribution in [0.15, 0.2) is 42.6 Å². The number of nitrogens with zero attached hydrogens (tertiary/aromatic N) is 3. The average Bonchev–Trinajstić information content (AvgIpc) is 3.12. The summed E-state index contributed by atoms with van der Waals surface area (Å²) >= 11 is 0. The van der Waals surface area contributed by atoms with E-state index in [0.29, 0.717) is 23.8 Å². The van der Waals surface area contributed by atoms with E-state index in [1.165, 1.54) is 13.2 Å². The van der Waals surface area contributed by atoms with Crippen LogP contribution >= 0.6 is 0 Å². The Morgan fingerprint density at radius 2 is 1.76 bits per heavy atom. The third kappa shape index (κ3) is 3.21. The molecule has 0 aliphatic heterocycles. The first-order chi connectivity index (χ1) is 12.2. The van der Waals surface area contributed by atoms with Crippen LogP contribution in [0.25, 0.3) is 16.9 Å². The van der Waals surface area contributed by atoms with E-state index in [9.17, 15) is 5.11 Å². The number of phenolic OH excluding ortho intramolecular Hbond substituents is 1. The molecule has 130 valence electrons. The van der Waals surface area contributed by atoms with Gasteiger partial charge in [-0.2, -0.15) is 0 Å². The monoisotopic (exact) mass is 341 g/mol. The summed E-state index contributed by atoms with van der Waals surface area (Å²) < 4.78 is 17.6. The van der Waals surface area contributed by atoms with Gasteiger partial charge in [0.05, 0.1) is 32.7 Å². The Bertz CT molecular complexity index is 859. The zero-order valence-electron chi connectivity index (χ0n) is 14.3. The third-order valence-electron chi connectivity index (χ3n) is 3.72. The Balaban J connectivity index is 2.06. The van der Waals surface area contributed by atoms with E-state index in [1.54, 1.807) is 24.1 Å². The molecular weight excluding hydrogens is 322 g/mol. The number of phenols is 1. The Hall–Kier alpha value is -3.22. The second-order valence-electron chi connectivity index (χ2n) is 5.18. The quantitative estimate of drug-likeness (QED) is 0.742. The number of benzene rings is 2. The molecule has 3 aromatic rings. The van der Waals surface area contributed by atoms with Crippen LogP contribution in [0.3, 0.4) is 0 Å². The minimum atomic E-state index is -0.00792. The smallest absolute Gasteiger partial charge is 0.164 e. The lowest BCUT2D eigenvalue weighted by Gasteiger charge is -2.13. The lowest BCUT2D eigenvalue weighted by Crippen LogP contribution is -2.03. The minimum Gasteiger partial charge on any atom is -0.504 e. The molecule has 1 N–H and O–H groups in total. The molecule has 0 radical (unpaired) electrons. The van der Waals surface area contributed by atoms with Gasteiger partial charge in [0, 0.05) is 17.7 Å². The highest BCUT2D eigenvalue weighted by molar-refractivity contribution is 5.65. The highest BCUT2D eigenvalue weighted by atomic mass is 16.5. The van der Waals surface area contributed by atoms with Crippen molar-refractivity contribution in [1.82, 2.24) is 15.0 Å². The summed E-state index contributed by atoms with van der Waals surface area (Å²) in [5.41, 5.74) is 2.22. The van der Waals surface area contributed by atoms with Crippen LogP contribution in [0.1, 0.15) is 6.92 Å². The molecule has 0 bridgehead atoms. The first-order valence-electron chi connectivity index (χ1n) is 7.77. The van der Waals surface area contributed by atoms with Crippen molar-refractivity contribution < 1.29 is 19.3 Å². The van der Waals surface area contributed by atoms with E-state index < -0.39 is 0 Å². The van der Waals surface area contributed by atoms with E-state index in [-0.39, 0.29) is 5.75 Å². The van der Waals surface area contributed by atoms with Gasteiger partial charge >= 0.3 is 0 Å². The van der Waals surface area contributed by atoms with Crippen molar-refractivity contribution in [2.24, 2.45) is 0 Å². The SMILES string of the molecule is CCOc1ccc(-c2cnnn2-c2cc(O)c(OC)cc2OC)cc1. The van der Waals surface area contributed by atoms with Gasteiger partial charge in [-0.3, -0.25) is 0 Å². The molecule has 7 nitrogen and oxygen atoms in total. The minimum absolute atomic E-state index is 0.00792. The van der Waals surface area contributed by atoms with Gasteiger partial charge in [-0.15, -0.1) is 5.10 Å². The second-order valence-corrected chi connectivity index (χ2v) is 5.18. The third-order valence-corrected chi connectivity index (χ3v) is 3.72.